The predicted octanol–water partition coefficient (Wildman–Crippen LogP) is 4.40. The van der Waals surface area contributed by atoms with Crippen LogP contribution < -0.4 is 0 Å². The molecule has 0 saturated heterocycles. The van der Waals surface area contributed by atoms with Crippen molar-refractivity contribution in [3.05, 3.63) is 88.5 Å². The third-order valence-corrected chi connectivity index (χ3v) is 4.14. The number of H-pyrrole nitrogens is 1. The number of hydrogen-bond donors (Lipinski definition) is 1. The van der Waals surface area contributed by atoms with Crippen LogP contribution in [0.5, 0.6) is 0 Å². The summed E-state index contributed by atoms with van der Waals surface area (Å²) in [4.78, 5) is 8.24. The molecule has 112 valence electrons. The molecule has 0 aliphatic rings. The van der Waals surface area contributed by atoms with Gasteiger partial charge < -0.3 is 4.98 Å². The average Bonchev–Trinajstić information content (AvgIpc) is 2.88. The highest BCUT2D eigenvalue weighted by atomic mass is 14.9. The smallest absolute Gasteiger partial charge is 0.106 e. The number of aromatic amines is 1. The molecular formula is C20H22N2. The Morgan fingerprint density at radius 2 is 1.59 bits per heavy atom. The van der Waals surface area contributed by atoms with Gasteiger partial charge in [0.15, 0.2) is 0 Å². The molecule has 1 aromatic heterocycles. The molecule has 0 atom stereocenters. The lowest BCUT2D eigenvalue weighted by Crippen LogP contribution is -1.96. The zero-order valence-corrected chi connectivity index (χ0v) is 13.3. The fourth-order valence-electron chi connectivity index (χ4n) is 2.79. The first-order chi connectivity index (χ1) is 10.7. The second-order valence-electron chi connectivity index (χ2n) is 5.84. The number of nitrogens with one attached hydrogen (secondary N) is 1. The van der Waals surface area contributed by atoms with Crippen molar-refractivity contribution >= 4 is 0 Å². The Hall–Kier alpha value is -2.35. The molecule has 0 bridgehead atoms. The second kappa shape index (κ2) is 6.61. The van der Waals surface area contributed by atoms with E-state index in [2.05, 4.69) is 73.4 Å². The topological polar surface area (TPSA) is 28.7 Å². The minimum Gasteiger partial charge on any atom is -0.346 e. The van der Waals surface area contributed by atoms with E-state index in [1.54, 1.807) is 0 Å². The van der Waals surface area contributed by atoms with E-state index in [1.165, 1.54) is 22.4 Å². The maximum Gasteiger partial charge on any atom is 0.106 e. The van der Waals surface area contributed by atoms with Gasteiger partial charge in [-0.3, -0.25) is 0 Å². The van der Waals surface area contributed by atoms with Crippen LogP contribution in [0.4, 0.5) is 0 Å². The number of aryl methyl sites for hydroxylation is 4. The molecule has 3 rings (SSSR count). The zero-order chi connectivity index (χ0) is 15.4. The lowest BCUT2D eigenvalue weighted by atomic mass is 10.0. The van der Waals surface area contributed by atoms with Gasteiger partial charge in [-0.05, 0) is 37.0 Å². The van der Waals surface area contributed by atoms with E-state index in [-0.39, 0.29) is 0 Å². The van der Waals surface area contributed by atoms with Crippen molar-refractivity contribution in [2.45, 2.75) is 33.1 Å². The fourth-order valence-corrected chi connectivity index (χ4v) is 2.79. The normalized spacial score (nSPS) is 10.8. The van der Waals surface area contributed by atoms with Gasteiger partial charge >= 0.3 is 0 Å². The van der Waals surface area contributed by atoms with Gasteiger partial charge in [0, 0.05) is 18.5 Å². The number of imidazole rings is 1. The molecule has 0 aliphatic carbocycles. The van der Waals surface area contributed by atoms with Crippen LogP contribution in [0, 0.1) is 13.8 Å². The minimum absolute atomic E-state index is 0.896. The van der Waals surface area contributed by atoms with Crippen LogP contribution >= 0.6 is 0 Å². The first kappa shape index (κ1) is 14.6. The van der Waals surface area contributed by atoms with E-state index >= 15 is 0 Å². The molecule has 1 heterocycles. The number of nitrogens with zero attached hydrogens (tertiary/aromatic N) is 1. The van der Waals surface area contributed by atoms with Crippen LogP contribution in [0.3, 0.4) is 0 Å². The van der Waals surface area contributed by atoms with Crippen molar-refractivity contribution in [2.75, 3.05) is 0 Å². The van der Waals surface area contributed by atoms with Gasteiger partial charge in [0.2, 0.25) is 0 Å². The van der Waals surface area contributed by atoms with E-state index in [4.69, 9.17) is 4.98 Å². The van der Waals surface area contributed by atoms with Crippen LogP contribution in [0.25, 0.3) is 0 Å². The van der Waals surface area contributed by atoms with E-state index in [0.717, 1.165) is 30.8 Å². The lowest BCUT2D eigenvalue weighted by molar-refractivity contribution is 0.870. The Bertz CT molecular complexity index is 741. The van der Waals surface area contributed by atoms with Crippen molar-refractivity contribution in [3.8, 4) is 0 Å². The first-order valence-electron chi connectivity index (χ1n) is 7.85. The molecular weight excluding hydrogens is 268 g/mol. The van der Waals surface area contributed by atoms with Crippen LogP contribution in [-0.2, 0) is 19.3 Å². The summed E-state index contributed by atoms with van der Waals surface area (Å²) in [6, 6.07) is 19.1. The Kier molecular flexibility index (Phi) is 4.38. The lowest BCUT2D eigenvalue weighted by Gasteiger charge is -2.03. The van der Waals surface area contributed by atoms with Crippen molar-refractivity contribution in [2.24, 2.45) is 0 Å². The molecule has 0 spiro atoms. The first-order valence-corrected chi connectivity index (χ1v) is 7.85. The van der Waals surface area contributed by atoms with Gasteiger partial charge in [-0.1, -0.05) is 54.6 Å². The van der Waals surface area contributed by atoms with Gasteiger partial charge in [0.05, 0.1) is 5.69 Å². The fraction of sp³-hybridized carbons (Fsp3) is 0.250. The number of benzene rings is 2. The summed E-state index contributed by atoms with van der Waals surface area (Å²) < 4.78 is 0. The maximum absolute atomic E-state index is 4.79. The quantitative estimate of drug-likeness (QED) is 0.741. The number of rotatable bonds is 5. The molecule has 1 N–H and O–H groups in total. The molecule has 0 radical (unpaired) electrons. The van der Waals surface area contributed by atoms with E-state index in [1.807, 2.05) is 0 Å². The van der Waals surface area contributed by atoms with Crippen molar-refractivity contribution in [3.63, 3.8) is 0 Å². The van der Waals surface area contributed by atoms with Gasteiger partial charge in [0.1, 0.15) is 5.82 Å². The standard InChI is InChI=1S/C20H22N2/c1-15-8-6-7-11-18(15)12-13-20-21-16(2)19(22-20)14-17-9-4-3-5-10-17/h3-11H,12-14H2,1-2H3,(H,21,22). The summed E-state index contributed by atoms with van der Waals surface area (Å²) in [6.45, 7) is 4.28. The largest absolute Gasteiger partial charge is 0.346 e. The molecule has 0 saturated carbocycles. The van der Waals surface area contributed by atoms with E-state index in [9.17, 15) is 0 Å². The van der Waals surface area contributed by atoms with Gasteiger partial charge in [-0.25, -0.2) is 4.98 Å². The van der Waals surface area contributed by atoms with Crippen LogP contribution in [-0.4, -0.2) is 9.97 Å². The summed E-state index contributed by atoms with van der Waals surface area (Å²) in [5.74, 6) is 1.09. The SMILES string of the molecule is Cc1ccccc1CCc1nc(Cc2ccccc2)c(C)[nH]1. The molecule has 3 aromatic rings. The Morgan fingerprint density at radius 3 is 2.36 bits per heavy atom. The Balaban J connectivity index is 1.69. The molecule has 0 fully saturated rings. The molecule has 0 aliphatic heterocycles. The van der Waals surface area contributed by atoms with Crippen LogP contribution in [0.2, 0.25) is 0 Å². The molecule has 0 amide bonds. The highest BCUT2D eigenvalue weighted by molar-refractivity contribution is 5.27. The summed E-state index contributed by atoms with van der Waals surface area (Å²) in [7, 11) is 0. The van der Waals surface area contributed by atoms with Crippen molar-refractivity contribution in [1.82, 2.24) is 9.97 Å². The molecule has 2 nitrogen and oxygen atoms in total. The van der Waals surface area contributed by atoms with Crippen LogP contribution in [0.15, 0.2) is 54.6 Å². The summed E-state index contributed by atoms with van der Waals surface area (Å²) in [5, 5.41) is 0. The molecule has 2 heteroatoms. The van der Waals surface area contributed by atoms with Crippen molar-refractivity contribution < 1.29 is 0 Å². The number of hydrogen-bond acceptors (Lipinski definition) is 1. The Morgan fingerprint density at radius 1 is 0.864 bits per heavy atom. The second-order valence-corrected chi connectivity index (χ2v) is 5.84. The molecule has 0 unspecified atom stereocenters. The highest BCUT2D eigenvalue weighted by Crippen LogP contribution is 2.14. The number of aromatic nitrogens is 2. The van der Waals surface area contributed by atoms with Gasteiger partial charge in [-0.15, -0.1) is 0 Å². The predicted molar refractivity (Wildman–Crippen MR) is 91.2 cm³/mol. The third kappa shape index (κ3) is 3.45. The monoisotopic (exact) mass is 290 g/mol. The van der Waals surface area contributed by atoms with E-state index < -0.39 is 0 Å². The van der Waals surface area contributed by atoms with Crippen LogP contribution in [0.1, 0.15) is 33.9 Å². The molecule has 22 heavy (non-hydrogen) atoms. The van der Waals surface area contributed by atoms with E-state index in [0.29, 0.717) is 0 Å². The minimum atomic E-state index is 0.896. The summed E-state index contributed by atoms with van der Waals surface area (Å²) >= 11 is 0. The highest BCUT2D eigenvalue weighted by Gasteiger charge is 2.08. The third-order valence-electron chi connectivity index (χ3n) is 4.14. The molecule has 2 aromatic carbocycles. The van der Waals surface area contributed by atoms with Gasteiger partial charge in [-0.2, -0.15) is 0 Å². The summed E-state index contributed by atoms with van der Waals surface area (Å²) in [6.07, 6.45) is 2.89. The Labute approximate surface area is 132 Å². The summed E-state index contributed by atoms with van der Waals surface area (Å²) in [5.41, 5.74) is 6.41. The average molecular weight is 290 g/mol. The van der Waals surface area contributed by atoms with Crippen molar-refractivity contribution in [1.29, 1.82) is 0 Å². The van der Waals surface area contributed by atoms with Gasteiger partial charge in [0.25, 0.3) is 0 Å². The zero-order valence-electron chi connectivity index (χ0n) is 13.3. The maximum atomic E-state index is 4.79.